The molecule has 3 fully saturated rings. The van der Waals surface area contributed by atoms with Crippen LogP contribution in [0, 0.1) is 29.5 Å². The van der Waals surface area contributed by atoms with Crippen LogP contribution in [0.25, 0.3) is 0 Å². The van der Waals surface area contributed by atoms with E-state index in [1.54, 1.807) is 12.1 Å². The standard InChI is InChI=1S/C20H25FN2O3/c21-16-3-1-2-13(10-16)12-22-6-8-23(9-7-22)19(24)17-14-4-5-15(11-14)18(17)20(25)26/h1-3,10,14-15,17-18H,4-9,11-12H2,(H,25,26)/t14-,15-,17-,18+/m0/s1. The molecular weight excluding hydrogens is 335 g/mol. The van der Waals surface area contributed by atoms with Crippen LogP contribution < -0.4 is 0 Å². The molecule has 1 N–H and O–H groups in total. The number of halogens is 1. The molecule has 2 saturated carbocycles. The van der Waals surface area contributed by atoms with Gasteiger partial charge in [0.25, 0.3) is 0 Å². The van der Waals surface area contributed by atoms with Gasteiger partial charge in [-0.1, -0.05) is 12.1 Å². The fourth-order valence-corrected chi connectivity index (χ4v) is 5.23. The number of aliphatic carboxylic acids is 1. The van der Waals surface area contributed by atoms with E-state index < -0.39 is 11.9 Å². The van der Waals surface area contributed by atoms with E-state index in [4.69, 9.17) is 0 Å². The van der Waals surface area contributed by atoms with Crippen molar-refractivity contribution in [3.63, 3.8) is 0 Å². The van der Waals surface area contributed by atoms with E-state index in [-0.39, 0.29) is 29.5 Å². The Hall–Kier alpha value is -1.95. The molecule has 2 aliphatic carbocycles. The summed E-state index contributed by atoms with van der Waals surface area (Å²) in [4.78, 5) is 28.7. The summed E-state index contributed by atoms with van der Waals surface area (Å²) in [5.74, 6) is -1.39. The molecule has 140 valence electrons. The van der Waals surface area contributed by atoms with Crippen molar-refractivity contribution < 1.29 is 19.1 Å². The first-order valence-electron chi connectivity index (χ1n) is 9.51. The Kier molecular flexibility index (Phi) is 4.69. The number of hydrogen-bond donors (Lipinski definition) is 1. The van der Waals surface area contributed by atoms with E-state index in [0.29, 0.717) is 19.6 Å². The third-order valence-corrected chi connectivity index (χ3v) is 6.47. The quantitative estimate of drug-likeness (QED) is 0.894. The van der Waals surface area contributed by atoms with Gasteiger partial charge in [0, 0.05) is 32.7 Å². The van der Waals surface area contributed by atoms with Crippen LogP contribution in [-0.2, 0) is 16.1 Å². The van der Waals surface area contributed by atoms with Crippen molar-refractivity contribution in [2.75, 3.05) is 26.2 Å². The van der Waals surface area contributed by atoms with Gasteiger partial charge in [-0.15, -0.1) is 0 Å². The van der Waals surface area contributed by atoms with Crippen molar-refractivity contribution in [1.29, 1.82) is 0 Å². The minimum Gasteiger partial charge on any atom is -0.481 e. The molecular formula is C20H25FN2O3. The van der Waals surface area contributed by atoms with Gasteiger partial charge in [0.1, 0.15) is 5.82 Å². The number of hydrogen-bond acceptors (Lipinski definition) is 3. The number of carbonyl (C=O) groups is 2. The molecule has 1 aromatic rings. The maximum atomic E-state index is 13.3. The van der Waals surface area contributed by atoms with Gasteiger partial charge in [-0.3, -0.25) is 14.5 Å². The summed E-state index contributed by atoms with van der Waals surface area (Å²) in [6, 6.07) is 6.61. The highest BCUT2D eigenvalue weighted by Crippen LogP contribution is 2.53. The second-order valence-corrected chi connectivity index (χ2v) is 7.95. The van der Waals surface area contributed by atoms with E-state index in [2.05, 4.69) is 4.90 Å². The summed E-state index contributed by atoms with van der Waals surface area (Å²) in [7, 11) is 0. The molecule has 1 aromatic carbocycles. The monoisotopic (exact) mass is 360 g/mol. The lowest BCUT2D eigenvalue weighted by Crippen LogP contribution is -2.52. The molecule has 4 rings (SSSR count). The highest BCUT2D eigenvalue weighted by atomic mass is 19.1. The largest absolute Gasteiger partial charge is 0.481 e. The molecule has 0 spiro atoms. The summed E-state index contributed by atoms with van der Waals surface area (Å²) in [6.45, 7) is 3.38. The average Bonchev–Trinajstić information content (AvgIpc) is 3.23. The molecule has 1 aliphatic heterocycles. The predicted octanol–water partition coefficient (Wildman–Crippen LogP) is 2.22. The number of benzene rings is 1. The van der Waals surface area contributed by atoms with Gasteiger partial charge in [0.05, 0.1) is 11.8 Å². The predicted molar refractivity (Wildman–Crippen MR) is 93.7 cm³/mol. The van der Waals surface area contributed by atoms with E-state index >= 15 is 0 Å². The molecule has 0 aromatic heterocycles. The van der Waals surface area contributed by atoms with Crippen LogP contribution in [0.4, 0.5) is 4.39 Å². The van der Waals surface area contributed by atoms with Gasteiger partial charge in [0.2, 0.25) is 5.91 Å². The highest BCUT2D eigenvalue weighted by molar-refractivity contribution is 5.86. The Balaban J connectivity index is 1.36. The third kappa shape index (κ3) is 3.22. The normalized spacial score (nSPS) is 31.3. The number of carbonyl (C=O) groups excluding carboxylic acids is 1. The lowest BCUT2D eigenvalue weighted by atomic mass is 9.78. The third-order valence-electron chi connectivity index (χ3n) is 6.47. The van der Waals surface area contributed by atoms with Crippen molar-refractivity contribution in [2.24, 2.45) is 23.7 Å². The van der Waals surface area contributed by atoms with Crippen LogP contribution in [0.2, 0.25) is 0 Å². The van der Waals surface area contributed by atoms with Gasteiger partial charge in [-0.25, -0.2) is 4.39 Å². The van der Waals surface area contributed by atoms with Crippen molar-refractivity contribution in [3.05, 3.63) is 35.6 Å². The Morgan fingerprint density at radius 2 is 1.77 bits per heavy atom. The number of carboxylic acid groups (broad SMARTS) is 1. The van der Waals surface area contributed by atoms with Crippen molar-refractivity contribution in [1.82, 2.24) is 9.80 Å². The minimum atomic E-state index is -0.805. The van der Waals surface area contributed by atoms with Gasteiger partial charge >= 0.3 is 5.97 Å². The van der Waals surface area contributed by atoms with Crippen LogP contribution in [0.5, 0.6) is 0 Å². The fraction of sp³-hybridized carbons (Fsp3) is 0.600. The van der Waals surface area contributed by atoms with Crippen molar-refractivity contribution in [2.45, 2.75) is 25.8 Å². The topological polar surface area (TPSA) is 60.9 Å². The molecule has 1 amide bonds. The van der Waals surface area contributed by atoms with Crippen LogP contribution in [-0.4, -0.2) is 53.0 Å². The number of piperazine rings is 1. The zero-order chi connectivity index (χ0) is 18.3. The molecule has 6 heteroatoms. The number of carboxylic acids is 1. The number of fused-ring (bicyclic) bond motifs is 2. The minimum absolute atomic E-state index is 0.0370. The van der Waals surface area contributed by atoms with E-state index in [9.17, 15) is 19.1 Å². The number of rotatable bonds is 4. The second-order valence-electron chi connectivity index (χ2n) is 7.95. The van der Waals surface area contributed by atoms with Gasteiger partial charge in [-0.2, -0.15) is 0 Å². The Morgan fingerprint density at radius 1 is 1.08 bits per heavy atom. The Morgan fingerprint density at radius 3 is 2.42 bits per heavy atom. The molecule has 1 heterocycles. The maximum absolute atomic E-state index is 13.3. The van der Waals surface area contributed by atoms with Crippen LogP contribution in [0.1, 0.15) is 24.8 Å². The molecule has 5 nitrogen and oxygen atoms in total. The van der Waals surface area contributed by atoms with Crippen molar-refractivity contribution >= 4 is 11.9 Å². The van der Waals surface area contributed by atoms with Gasteiger partial charge < -0.3 is 10.0 Å². The van der Waals surface area contributed by atoms with Crippen LogP contribution >= 0.6 is 0 Å². The highest BCUT2D eigenvalue weighted by Gasteiger charge is 2.54. The average molecular weight is 360 g/mol. The van der Waals surface area contributed by atoms with E-state index in [1.807, 2.05) is 11.0 Å². The van der Waals surface area contributed by atoms with Crippen LogP contribution in [0.3, 0.4) is 0 Å². The zero-order valence-electron chi connectivity index (χ0n) is 14.8. The molecule has 26 heavy (non-hydrogen) atoms. The summed E-state index contributed by atoms with van der Waals surface area (Å²) < 4.78 is 13.3. The fourth-order valence-electron chi connectivity index (χ4n) is 5.23. The maximum Gasteiger partial charge on any atom is 0.307 e. The van der Waals surface area contributed by atoms with Gasteiger partial charge in [0.15, 0.2) is 0 Å². The lowest BCUT2D eigenvalue weighted by Gasteiger charge is -2.38. The molecule has 4 atom stereocenters. The Bertz CT molecular complexity index is 702. The molecule has 0 unspecified atom stereocenters. The smallest absolute Gasteiger partial charge is 0.307 e. The molecule has 1 saturated heterocycles. The van der Waals surface area contributed by atoms with Gasteiger partial charge in [-0.05, 0) is 48.8 Å². The SMILES string of the molecule is O=C(O)[C@@H]1[C@H]2CC[C@@H](C2)[C@@H]1C(=O)N1CCN(Cc2cccc(F)c2)CC1. The first kappa shape index (κ1) is 17.5. The summed E-state index contributed by atoms with van der Waals surface area (Å²) >= 11 is 0. The molecule has 0 radical (unpaired) electrons. The Labute approximate surface area is 152 Å². The zero-order valence-corrected chi connectivity index (χ0v) is 14.8. The lowest BCUT2D eigenvalue weighted by molar-refractivity contribution is -0.153. The second kappa shape index (κ2) is 6.99. The summed E-state index contributed by atoms with van der Waals surface area (Å²) in [6.07, 6.45) is 2.84. The van der Waals surface area contributed by atoms with E-state index in [0.717, 1.165) is 37.9 Å². The number of amides is 1. The van der Waals surface area contributed by atoms with E-state index in [1.165, 1.54) is 6.07 Å². The van der Waals surface area contributed by atoms with Crippen molar-refractivity contribution in [3.8, 4) is 0 Å². The van der Waals surface area contributed by atoms with Crippen LogP contribution in [0.15, 0.2) is 24.3 Å². The molecule has 2 bridgehead atoms. The number of nitrogens with zero attached hydrogens (tertiary/aromatic N) is 2. The summed E-state index contributed by atoms with van der Waals surface area (Å²) in [5.41, 5.74) is 0.934. The summed E-state index contributed by atoms with van der Waals surface area (Å²) in [5, 5.41) is 9.57. The first-order chi connectivity index (χ1) is 12.5. The first-order valence-corrected chi connectivity index (χ1v) is 9.51. The molecule has 3 aliphatic rings.